The van der Waals surface area contributed by atoms with Crippen molar-refractivity contribution >= 4 is 61.4 Å². The molecule has 1 atom stereocenters. The molecule has 4 heterocycles. The molecule has 0 radical (unpaired) electrons. The highest BCUT2D eigenvalue weighted by Gasteiger charge is 2.37. The Morgan fingerprint density at radius 2 is 1.73 bits per heavy atom. The quantitative estimate of drug-likeness (QED) is 0.283. The minimum Gasteiger partial charge on any atom is -0.484 e. The Hall–Kier alpha value is -2.59. The first-order chi connectivity index (χ1) is 17.3. The molecule has 0 spiro atoms. The zero-order chi connectivity index (χ0) is 26.7. The second-order valence-electron chi connectivity index (χ2n) is 10.0. The van der Waals surface area contributed by atoms with Gasteiger partial charge in [0.1, 0.15) is 28.3 Å². The van der Waals surface area contributed by atoms with Gasteiger partial charge in [-0.2, -0.15) is 5.10 Å². The Bertz CT molecular complexity index is 1610. The van der Waals surface area contributed by atoms with E-state index in [4.69, 9.17) is 39.5 Å². The van der Waals surface area contributed by atoms with E-state index in [1.165, 1.54) is 18.6 Å². The standard InChI is InChI=1S/C25H24Cl3N5O3S/c1-13(22-17(27)9-29-10-18(22)28)36-20-6-15-19(7-16(20)26)31-32-23(15)14-5-21(37(4,34)35)24(30-8-14)33-11-25(2,3)12-33/h5-10,13H,11-12H2,1-4H3,(H,31,32)/t13-/m1/s1. The fraction of sp³-hybridized carbons (Fsp3) is 0.320. The van der Waals surface area contributed by atoms with Gasteiger partial charge in [-0.05, 0) is 30.5 Å². The van der Waals surface area contributed by atoms with Gasteiger partial charge < -0.3 is 9.64 Å². The fourth-order valence-electron chi connectivity index (χ4n) is 4.60. The Morgan fingerprint density at radius 3 is 2.35 bits per heavy atom. The van der Waals surface area contributed by atoms with Gasteiger partial charge in [0.25, 0.3) is 0 Å². The summed E-state index contributed by atoms with van der Waals surface area (Å²) in [5.41, 5.74) is 2.45. The minimum absolute atomic E-state index is 0.116. The maximum absolute atomic E-state index is 12.7. The van der Waals surface area contributed by atoms with Crippen LogP contribution in [0.25, 0.3) is 22.2 Å². The number of nitrogens with zero attached hydrogens (tertiary/aromatic N) is 4. The predicted molar refractivity (Wildman–Crippen MR) is 147 cm³/mol. The van der Waals surface area contributed by atoms with Crippen molar-refractivity contribution in [1.82, 2.24) is 20.2 Å². The van der Waals surface area contributed by atoms with Crippen LogP contribution < -0.4 is 9.64 Å². The number of aromatic amines is 1. The maximum Gasteiger partial charge on any atom is 0.179 e. The van der Waals surface area contributed by atoms with Gasteiger partial charge in [0.05, 0.1) is 20.6 Å². The Balaban J connectivity index is 1.54. The van der Waals surface area contributed by atoms with Gasteiger partial charge in [-0.1, -0.05) is 48.7 Å². The first-order valence-electron chi connectivity index (χ1n) is 11.4. The van der Waals surface area contributed by atoms with Crippen molar-refractivity contribution in [2.75, 3.05) is 24.2 Å². The highest BCUT2D eigenvalue weighted by molar-refractivity contribution is 7.90. The molecule has 1 fully saturated rings. The van der Waals surface area contributed by atoms with Crippen LogP contribution in [-0.2, 0) is 9.84 Å². The van der Waals surface area contributed by atoms with Gasteiger partial charge in [0.2, 0.25) is 0 Å². The smallest absolute Gasteiger partial charge is 0.179 e. The van der Waals surface area contributed by atoms with Crippen LogP contribution in [-0.4, -0.2) is 47.9 Å². The molecule has 1 N–H and O–H groups in total. The predicted octanol–water partition coefficient (Wildman–Crippen LogP) is 6.37. The number of ether oxygens (including phenoxy) is 1. The Labute approximate surface area is 229 Å². The summed E-state index contributed by atoms with van der Waals surface area (Å²) in [4.78, 5) is 10.7. The van der Waals surface area contributed by atoms with E-state index in [0.29, 0.717) is 54.4 Å². The lowest BCUT2D eigenvalue weighted by Crippen LogP contribution is -2.53. The second-order valence-corrected chi connectivity index (χ2v) is 13.2. The molecule has 194 valence electrons. The van der Waals surface area contributed by atoms with Crippen molar-refractivity contribution in [2.45, 2.75) is 31.8 Å². The number of pyridine rings is 2. The molecular formula is C25H24Cl3N5O3S. The summed E-state index contributed by atoms with van der Waals surface area (Å²) >= 11 is 19.1. The summed E-state index contributed by atoms with van der Waals surface area (Å²) in [5.74, 6) is 0.849. The molecule has 0 unspecified atom stereocenters. The average Bonchev–Trinajstić information content (AvgIpc) is 3.19. The molecular weight excluding hydrogens is 557 g/mol. The lowest BCUT2D eigenvalue weighted by atomic mass is 9.84. The van der Waals surface area contributed by atoms with E-state index in [-0.39, 0.29) is 10.3 Å². The first-order valence-corrected chi connectivity index (χ1v) is 14.5. The van der Waals surface area contributed by atoms with E-state index >= 15 is 0 Å². The van der Waals surface area contributed by atoms with Crippen molar-refractivity contribution in [2.24, 2.45) is 5.41 Å². The van der Waals surface area contributed by atoms with Crippen LogP contribution in [0.2, 0.25) is 15.1 Å². The van der Waals surface area contributed by atoms with Crippen LogP contribution in [0.15, 0.2) is 41.7 Å². The normalized spacial score (nSPS) is 16.0. The topological polar surface area (TPSA) is 101 Å². The molecule has 4 aromatic rings. The van der Waals surface area contributed by atoms with E-state index in [0.717, 1.165) is 13.1 Å². The summed E-state index contributed by atoms with van der Waals surface area (Å²) in [6.07, 6.45) is 5.30. The molecule has 1 aliphatic rings. The maximum atomic E-state index is 12.7. The highest BCUT2D eigenvalue weighted by Crippen LogP contribution is 2.40. The number of anilines is 1. The number of rotatable bonds is 6. The first kappa shape index (κ1) is 26.0. The van der Waals surface area contributed by atoms with Crippen molar-refractivity contribution < 1.29 is 13.2 Å². The van der Waals surface area contributed by atoms with E-state index < -0.39 is 15.9 Å². The molecule has 8 nitrogen and oxygen atoms in total. The highest BCUT2D eigenvalue weighted by atomic mass is 35.5. The molecule has 12 heteroatoms. The molecule has 0 amide bonds. The van der Waals surface area contributed by atoms with Gasteiger partial charge in [-0.3, -0.25) is 10.1 Å². The van der Waals surface area contributed by atoms with Gasteiger partial charge in [-0.25, -0.2) is 13.4 Å². The van der Waals surface area contributed by atoms with Crippen LogP contribution >= 0.6 is 34.8 Å². The van der Waals surface area contributed by atoms with Crippen LogP contribution in [0.5, 0.6) is 5.75 Å². The monoisotopic (exact) mass is 579 g/mol. The number of H-pyrrole nitrogens is 1. The number of nitrogens with one attached hydrogen (secondary N) is 1. The summed E-state index contributed by atoms with van der Waals surface area (Å²) in [6.45, 7) is 7.54. The van der Waals surface area contributed by atoms with Crippen molar-refractivity contribution in [3.8, 4) is 17.0 Å². The van der Waals surface area contributed by atoms with Crippen molar-refractivity contribution in [1.29, 1.82) is 0 Å². The molecule has 1 saturated heterocycles. The molecule has 1 aliphatic heterocycles. The summed E-state index contributed by atoms with van der Waals surface area (Å²) in [6, 6.07) is 5.07. The molecule has 3 aromatic heterocycles. The van der Waals surface area contributed by atoms with E-state index in [1.54, 1.807) is 24.4 Å². The number of halogens is 3. The molecule has 1 aromatic carbocycles. The van der Waals surface area contributed by atoms with Crippen LogP contribution in [0.3, 0.4) is 0 Å². The van der Waals surface area contributed by atoms with Crippen molar-refractivity contribution in [3.63, 3.8) is 0 Å². The molecule has 5 rings (SSSR count). The number of hydrogen-bond donors (Lipinski definition) is 1. The third-order valence-corrected chi connectivity index (χ3v) is 8.26. The van der Waals surface area contributed by atoms with Gasteiger partial charge in [0, 0.05) is 54.4 Å². The summed E-state index contributed by atoms with van der Waals surface area (Å²) < 4.78 is 31.5. The van der Waals surface area contributed by atoms with Crippen LogP contribution in [0.1, 0.15) is 32.4 Å². The van der Waals surface area contributed by atoms with E-state index in [1.807, 2.05) is 11.8 Å². The lowest BCUT2D eigenvalue weighted by Gasteiger charge is -2.47. The Kier molecular flexibility index (Phi) is 6.55. The molecule has 0 saturated carbocycles. The molecule has 0 bridgehead atoms. The Morgan fingerprint density at radius 1 is 1.05 bits per heavy atom. The van der Waals surface area contributed by atoms with Crippen molar-refractivity contribution in [3.05, 3.63) is 57.4 Å². The largest absolute Gasteiger partial charge is 0.484 e. The average molecular weight is 581 g/mol. The number of sulfone groups is 1. The van der Waals surface area contributed by atoms with E-state index in [9.17, 15) is 8.42 Å². The zero-order valence-corrected chi connectivity index (χ0v) is 23.6. The second kappa shape index (κ2) is 9.31. The van der Waals surface area contributed by atoms with Gasteiger partial charge >= 0.3 is 0 Å². The van der Waals surface area contributed by atoms with E-state index in [2.05, 4.69) is 34.0 Å². The summed E-state index contributed by atoms with van der Waals surface area (Å²) in [7, 11) is -3.55. The number of hydrogen-bond acceptors (Lipinski definition) is 7. The van der Waals surface area contributed by atoms with Crippen LogP contribution in [0, 0.1) is 5.41 Å². The van der Waals surface area contributed by atoms with Crippen LogP contribution in [0.4, 0.5) is 5.82 Å². The minimum atomic E-state index is -3.55. The SMILES string of the molecule is C[C@@H](Oc1cc2c(-c3cnc(N4CC(C)(C)C4)c(S(C)(=O)=O)c3)n[nH]c2cc1Cl)c1c(Cl)cncc1Cl. The molecule has 37 heavy (non-hydrogen) atoms. The third kappa shape index (κ3) is 4.97. The third-order valence-electron chi connectivity index (χ3n) is 6.26. The number of fused-ring (bicyclic) bond motifs is 1. The number of benzene rings is 1. The van der Waals surface area contributed by atoms with Gasteiger partial charge in [-0.15, -0.1) is 0 Å². The zero-order valence-electron chi connectivity index (χ0n) is 20.5. The summed E-state index contributed by atoms with van der Waals surface area (Å²) in [5, 5.41) is 9.20. The number of aromatic nitrogens is 4. The fourth-order valence-corrected chi connectivity index (χ4v) is 6.34. The lowest BCUT2D eigenvalue weighted by molar-refractivity contribution is 0.227. The van der Waals surface area contributed by atoms with Gasteiger partial charge in [0.15, 0.2) is 9.84 Å². The molecule has 0 aliphatic carbocycles.